The Bertz CT molecular complexity index is 530. The molecule has 0 aliphatic carbocycles. The largest absolute Gasteiger partial charge is 0.384 e. The van der Waals surface area contributed by atoms with E-state index in [0.717, 1.165) is 47.1 Å². The van der Waals surface area contributed by atoms with Gasteiger partial charge in [0.15, 0.2) is 0 Å². The number of allylic oxidation sites excluding steroid dienone is 2. The normalized spacial score (nSPS) is 13.1. The number of unbranched alkanes of at least 4 members (excludes halogenated alkanes) is 1. The topological polar surface area (TPSA) is 24.4 Å². The first kappa shape index (κ1) is 17.8. The van der Waals surface area contributed by atoms with Crippen LogP contribution < -0.4 is 5.32 Å². The van der Waals surface area contributed by atoms with Crippen molar-refractivity contribution >= 4 is 23.0 Å². The second kappa shape index (κ2) is 8.89. The highest BCUT2D eigenvalue weighted by atomic mass is 35.5. The SMILES string of the molecule is CCCCNc1ccc(C(C)=N/C(C)=C(\C)CC)cc1Cl. The number of rotatable bonds is 7. The molecule has 0 spiro atoms. The molecule has 1 rings (SSSR count). The minimum absolute atomic E-state index is 0.756. The van der Waals surface area contributed by atoms with Crippen LogP contribution in [0.2, 0.25) is 5.02 Å². The van der Waals surface area contributed by atoms with Gasteiger partial charge in [0.05, 0.1) is 10.7 Å². The Balaban J connectivity index is 2.90. The molecule has 1 aromatic carbocycles. The fourth-order valence-electron chi connectivity index (χ4n) is 1.95. The predicted octanol–water partition coefficient (Wildman–Crippen LogP) is 6.06. The van der Waals surface area contributed by atoms with Crippen LogP contribution in [0.3, 0.4) is 0 Å². The molecule has 0 aliphatic heterocycles. The summed E-state index contributed by atoms with van der Waals surface area (Å²) in [5.41, 5.74) is 5.49. The second-order valence-electron chi connectivity index (χ2n) is 5.39. The third kappa shape index (κ3) is 5.55. The standard InChI is InChI=1S/C18H27ClN2/c1-6-8-11-20-18-10-9-16(12-17(18)19)15(5)21-14(4)13(3)7-2/h9-10,12,20H,6-8,11H2,1-5H3/b14-13+,21-15?. The van der Waals surface area contributed by atoms with Crippen molar-refractivity contribution in [1.82, 2.24) is 0 Å². The zero-order valence-electron chi connectivity index (χ0n) is 13.9. The lowest BCUT2D eigenvalue weighted by Crippen LogP contribution is -2.03. The van der Waals surface area contributed by atoms with E-state index >= 15 is 0 Å². The maximum absolute atomic E-state index is 6.35. The lowest BCUT2D eigenvalue weighted by molar-refractivity contribution is 0.834. The van der Waals surface area contributed by atoms with Crippen LogP contribution >= 0.6 is 11.6 Å². The van der Waals surface area contributed by atoms with Crippen molar-refractivity contribution in [3.63, 3.8) is 0 Å². The van der Waals surface area contributed by atoms with E-state index in [1.807, 2.05) is 19.1 Å². The Kier molecular flexibility index (Phi) is 7.52. The van der Waals surface area contributed by atoms with Crippen LogP contribution in [0.15, 0.2) is 34.5 Å². The van der Waals surface area contributed by atoms with Gasteiger partial charge in [0, 0.05) is 18.0 Å². The Hall–Kier alpha value is -1.28. The molecule has 0 unspecified atom stereocenters. The molecule has 0 saturated heterocycles. The zero-order valence-corrected chi connectivity index (χ0v) is 14.6. The molecule has 0 amide bonds. The molecule has 21 heavy (non-hydrogen) atoms. The molecular formula is C18H27ClN2. The molecule has 0 bridgehead atoms. The van der Waals surface area contributed by atoms with Gasteiger partial charge in [-0.1, -0.05) is 43.5 Å². The fraction of sp³-hybridized carbons (Fsp3) is 0.500. The number of nitrogens with zero attached hydrogens (tertiary/aromatic N) is 1. The molecule has 1 aromatic rings. The Morgan fingerprint density at radius 2 is 1.90 bits per heavy atom. The predicted molar refractivity (Wildman–Crippen MR) is 95.7 cm³/mol. The van der Waals surface area contributed by atoms with Crippen molar-refractivity contribution in [1.29, 1.82) is 0 Å². The van der Waals surface area contributed by atoms with Gasteiger partial charge in [-0.25, -0.2) is 0 Å². The molecule has 116 valence electrons. The Labute approximate surface area is 134 Å². The van der Waals surface area contributed by atoms with E-state index < -0.39 is 0 Å². The molecule has 0 fully saturated rings. The molecule has 2 nitrogen and oxygen atoms in total. The van der Waals surface area contributed by atoms with E-state index in [0.29, 0.717) is 0 Å². The number of aliphatic imine (C=N–C) groups is 1. The summed E-state index contributed by atoms with van der Waals surface area (Å²) < 4.78 is 0. The number of anilines is 1. The smallest absolute Gasteiger partial charge is 0.0644 e. The highest BCUT2D eigenvalue weighted by Crippen LogP contribution is 2.24. The minimum Gasteiger partial charge on any atom is -0.384 e. The number of nitrogens with one attached hydrogen (secondary N) is 1. The number of halogens is 1. The second-order valence-corrected chi connectivity index (χ2v) is 5.80. The van der Waals surface area contributed by atoms with Crippen molar-refractivity contribution in [2.45, 2.75) is 53.9 Å². The summed E-state index contributed by atoms with van der Waals surface area (Å²) in [4.78, 5) is 4.68. The van der Waals surface area contributed by atoms with Crippen LogP contribution in [0, 0.1) is 0 Å². The van der Waals surface area contributed by atoms with Crippen molar-refractivity contribution < 1.29 is 0 Å². The van der Waals surface area contributed by atoms with Crippen molar-refractivity contribution in [3.8, 4) is 0 Å². The summed E-state index contributed by atoms with van der Waals surface area (Å²) in [6.07, 6.45) is 3.36. The van der Waals surface area contributed by atoms with Crippen LogP contribution in [0.4, 0.5) is 5.69 Å². The van der Waals surface area contributed by atoms with E-state index in [1.54, 1.807) is 0 Å². The maximum Gasteiger partial charge on any atom is 0.0644 e. The van der Waals surface area contributed by atoms with Crippen molar-refractivity contribution in [3.05, 3.63) is 40.1 Å². The first-order chi connectivity index (χ1) is 9.99. The minimum atomic E-state index is 0.756. The zero-order chi connectivity index (χ0) is 15.8. The first-order valence-electron chi connectivity index (χ1n) is 7.75. The van der Waals surface area contributed by atoms with Crippen LogP contribution in [-0.2, 0) is 0 Å². The summed E-state index contributed by atoms with van der Waals surface area (Å²) in [6.45, 7) is 11.5. The van der Waals surface area contributed by atoms with Crippen LogP contribution in [0.5, 0.6) is 0 Å². The van der Waals surface area contributed by atoms with Gasteiger partial charge in [-0.15, -0.1) is 0 Å². The molecule has 0 radical (unpaired) electrons. The summed E-state index contributed by atoms with van der Waals surface area (Å²) in [6, 6.07) is 6.11. The first-order valence-corrected chi connectivity index (χ1v) is 8.12. The lowest BCUT2D eigenvalue weighted by Gasteiger charge is -2.10. The van der Waals surface area contributed by atoms with Gasteiger partial charge < -0.3 is 5.32 Å². The van der Waals surface area contributed by atoms with E-state index in [1.165, 1.54) is 12.0 Å². The summed E-state index contributed by atoms with van der Waals surface area (Å²) >= 11 is 6.35. The van der Waals surface area contributed by atoms with Crippen LogP contribution in [0.25, 0.3) is 0 Å². The van der Waals surface area contributed by atoms with Gasteiger partial charge in [0.25, 0.3) is 0 Å². The van der Waals surface area contributed by atoms with E-state index in [4.69, 9.17) is 11.6 Å². The van der Waals surface area contributed by atoms with Gasteiger partial charge in [0.2, 0.25) is 0 Å². The lowest BCUT2D eigenvalue weighted by atomic mass is 10.1. The van der Waals surface area contributed by atoms with Crippen molar-refractivity contribution in [2.24, 2.45) is 4.99 Å². The average Bonchev–Trinajstić information content (AvgIpc) is 2.47. The molecule has 1 N–H and O–H groups in total. The third-order valence-corrected chi connectivity index (χ3v) is 4.03. The van der Waals surface area contributed by atoms with E-state index in [-0.39, 0.29) is 0 Å². The number of hydrogen-bond donors (Lipinski definition) is 1. The summed E-state index contributed by atoms with van der Waals surface area (Å²) in [5.74, 6) is 0. The molecule has 0 aliphatic rings. The third-order valence-electron chi connectivity index (χ3n) is 3.72. The summed E-state index contributed by atoms with van der Waals surface area (Å²) in [7, 11) is 0. The van der Waals surface area contributed by atoms with Crippen LogP contribution in [0.1, 0.15) is 59.4 Å². The highest BCUT2D eigenvalue weighted by Gasteiger charge is 2.04. The summed E-state index contributed by atoms with van der Waals surface area (Å²) in [5, 5.41) is 4.12. The average molecular weight is 307 g/mol. The molecule has 3 heteroatoms. The fourth-order valence-corrected chi connectivity index (χ4v) is 2.20. The van der Waals surface area contributed by atoms with Crippen LogP contribution in [-0.4, -0.2) is 12.3 Å². The molecule has 0 atom stereocenters. The van der Waals surface area contributed by atoms with E-state index in [9.17, 15) is 0 Å². The number of benzene rings is 1. The highest BCUT2D eigenvalue weighted by molar-refractivity contribution is 6.33. The quantitative estimate of drug-likeness (QED) is 0.480. The van der Waals surface area contributed by atoms with Gasteiger partial charge in [0.1, 0.15) is 0 Å². The molecule has 0 aromatic heterocycles. The van der Waals surface area contributed by atoms with E-state index in [2.05, 4.69) is 44.1 Å². The Morgan fingerprint density at radius 3 is 2.48 bits per heavy atom. The monoisotopic (exact) mass is 306 g/mol. The molecule has 0 saturated carbocycles. The van der Waals surface area contributed by atoms with Gasteiger partial charge in [-0.3, -0.25) is 4.99 Å². The van der Waals surface area contributed by atoms with Crippen molar-refractivity contribution in [2.75, 3.05) is 11.9 Å². The maximum atomic E-state index is 6.35. The van der Waals surface area contributed by atoms with Gasteiger partial charge >= 0.3 is 0 Å². The van der Waals surface area contributed by atoms with Gasteiger partial charge in [-0.2, -0.15) is 0 Å². The van der Waals surface area contributed by atoms with Gasteiger partial charge in [-0.05, 0) is 51.3 Å². The molecule has 0 heterocycles. The molecular weight excluding hydrogens is 280 g/mol. The number of hydrogen-bond acceptors (Lipinski definition) is 2. The Morgan fingerprint density at radius 1 is 1.19 bits per heavy atom.